The van der Waals surface area contributed by atoms with Crippen molar-refractivity contribution >= 4 is 113 Å². The Bertz CT molecular complexity index is 3110. The van der Waals surface area contributed by atoms with Gasteiger partial charge in [0.05, 0.1) is 0 Å². The smallest absolute Gasteiger partial charge is 0.136 e. The van der Waals surface area contributed by atoms with Crippen molar-refractivity contribution in [1.82, 2.24) is 0 Å². The molecule has 0 N–H and O–H groups in total. The fraction of sp³-hybridized carbons (Fsp3) is 0. The Kier molecular flexibility index (Phi) is 6.03. The van der Waals surface area contributed by atoms with Crippen LogP contribution in [-0.4, -0.2) is 0 Å². The number of fused-ring (bicyclic) bond motifs is 11. The number of hydrogen-bond donors (Lipinski definition) is 0. The molecule has 0 unspecified atom stereocenters. The first-order valence-electron chi connectivity index (χ1n) is 16.8. The molecule has 0 amide bonds. The molecule has 11 rings (SSSR count). The molecule has 2 nitrogen and oxygen atoms in total. The predicted octanol–water partition coefficient (Wildman–Crippen LogP) is 14.6. The van der Waals surface area contributed by atoms with E-state index in [0.717, 1.165) is 39.0 Å². The van der Waals surface area contributed by atoms with Crippen LogP contribution in [0, 0.1) is 0 Å². The maximum absolute atomic E-state index is 6.39. The second-order valence-corrected chi connectivity index (χ2v) is 15.1. The Morgan fingerprint density at radius 2 is 1.06 bits per heavy atom. The molecule has 3 heterocycles. The van der Waals surface area contributed by atoms with Gasteiger partial charge in [0.25, 0.3) is 0 Å². The summed E-state index contributed by atoms with van der Waals surface area (Å²) < 4.78 is 11.6. The van der Waals surface area contributed by atoms with E-state index in [2.05, 4.69) is 169 Å². The fourth-order valence-corrected chi connectivity index (χ4v) is 9.99. The molecule has 0 radical (unpaired) electrons. The molecule has 0 saturated carbocycles. The molecule has 0 bridgehead atoms. The van der Waals surface area contributed by atoms with E-state index in [4.69, 9.17) is 4.42 Å². The largest absolute Gasteiger partial charge is 0.456 e. The Morgan fingerprint density at radius 1 is 0.380 bits per heavy atom. The highest BCUT2D eigenvalue weighted by Gasteiger charge is 2.19. The summed E-state index contributed by atoms with van der Waals surface area (Å²) in [5.41, 5.74) is 7.65. The number of furan rings is 1. The average Bonchev–Trinajstić information content (AvgIpc) is 3.86. The Hall–Kier alpha value is -5.94. The van der Waals surface area contributed by atoms with Crippen LogP contribution < -0.4 is 4.90 Å². The van der Waals surface area contributed by atoms with E-state index in [0.29, 0.717) is 0 Å². The van der Waals surface area contributed by atoms with E-state index in [1.54, 1.807) is 0 Å². The number of thiophene rings is 2. The van der Waals surface area contributed by atoms with Gasteiger partial charge < -0.3 is 9.32 Å². The van der Waals surface area contributed by atoms with Crippen LogP contribution in [-0.2, 0) is 0 Å². The van der Waals surface area contributed by atoms with Crippen molar-refractivity contribution in [3.8, 4) is 11.1 Å². The van der Waals surface area contributed by atoms with E-state index in [9.17, 15) is 0 Å². The van der Waals surface area contributed by atoms with Crippen LogP contribution >= 0.6 is 22.7 Å². The van der Waals surface area contributed by atoms with Crippen LogP contribution in [0.15, 0.2) is 168 Å². The van der Waals surface area contributed by atoms with Crippen molar-refractivity contribution in [3.05, 3.63) is 164 Å². The Balaban J connectivity index is 1.13. The van der Waals surface area contributed by atoms with Crippen molar-refractivity contribution in [3.63, 3.8) is 0 Å². The average molecular weight is 674 g/mol. The second kappa shape index (κ2) is 10.8. The minimum atomic E-state index is 0.896. The fourth-order valence-electron chi connectivity index (χ4n) is 7.79. The van der Waals surface area contributed by atoms with Gasteiger partial charge in [0, 0.05) is 68.2 Å². The van der Waals surface area contributed by atoms with Crippen LogP contribution in [0.25, 0.3) is 84.2 Å². The number of para-hydroxylation sites is 1. The van der Waals surface area contributed by atoms with Crippen LogP contribution in [0.1, 0.15) is 0 Å². The van der Waals surface area contributed by atoms with Gasteiger partial charge >= 0.3 is 0 Å². The summed E-state index contributed by atoms with van der Waals surface area (Å²) in [7, 11) is 0. The summed E-state index contributed by atoms with van der Waals surface area (Å²) in [5, 5.41) is 9.94. The number of hydrogen-bond acceptors (Lipinski definition) is 4. The van der Waals surface area contributed by atoms with Gasteiger partial charge in [-0.1, -0.05) is 84.9 Å². The van der Waals surface area contributed by atoms with E-state index >= 15 is 0 Å². The normalized spacial score (nSPS) is 12.0. The Morgan fingerprint density at radius 3 is 1.98 bits per heavy atom. The molecule has 0 atom stereocenters. The molecule has 0 fully saturated rings. The van der Waals surface area contributed by atoms with Gasteiger partial charge in [-0.2, -0.15) is 0 Å². The number of benzene rings is 8. The highest BCUT2D eigenvalue weighted by Crippen LogP contribution is 2.46. The number of rotatable bonds is 4. The van der Waals surface area contributed by atoms with E-state index in [1.807, 2.05) is 22.7 Å². The van der Waals surface area contributed by atoms with Crippen molar-refractivity contribution in [1.29, 1.82) is 0 Å². The van der Waals surface area contributed by atoms with Crippen molar-refractivity contribution in [2.45, 2.75) is 0 Å². The predicted molar refractivity (Wildman–Crippen MR) is 217 cm³/mol. The molecular weight excluding hydrogens is 647 g/mol. The monoisotopic (exact) mass is 673 g/mol. The van der Waals surface area contributed by atoms with E-state index < -0.39 is 0 Å². The molecule has 11 aromatic rings. The van der Waals surface area contributed by atoms with Crippen molar-refractivity contribution < 1.29 is 4.42 Å². The van der Waals surface area contributed by atoms with Gasteiger partial charge in [-0.05, 0) is 101 Å². The lowest BCUT2D eigenvalue weighted by atomic mass is 9.97. The zero-order valence-corrected chi connectivity index (χ0v) is 28.4. The first-order valence-corrected chi connectivity index (χ1v) is 18.5. The van der Waals surface area contributed by atoms with Crippen molar-refractivity contribution in [2.24, 2.45) is 0 Å². The molecule has 50 heavy (non-hydrogen) atoms. The molecule has 4 heteroatoms. The highest BCUT2D eigenvalue weighted by molar-refractivity contribution is 7.26. The van der Waals surface area contributed by atoms with Gasteiger partial charge in [0.2, 0.25) is 0 Å². The molecule has 8 aromatic carbocycles. The molecule has 3 aromatic heterocycles. The number of anilines is 3. The Labute approximate surface area is 295 Å². The summed E-state index contributed by atoms with van der Waals surface area (Å²) in [5.74, 6) is 0. The van der Waals surface area contributed by atoms with Gasteiger partial charge in [-0.15, -0.1) is 22.7 Å². The van der Waals surface area contributed by atoms with E-state index in [-0.39, 0.29) is 0 Å². The lowest BCUT2D eigenvalue weighted by Gasteiger charge is -2.25. The molecule has 0 aliphatic rings. The lowest BCUT2D eigenvalue weighted by Crippen LogP contribution is -2.09. The second-order valence-electron chi connectivity index (χ2n) is 12.9. The van der Waals surface area contributed by atoms with Crippen molar-refractivity contribution in [2.75, 3.05) is 4.90 Å². The zero-order valence-electron chi connectivity index (χ0n) is 26.8. The number of nitrogens with zero attached hydrogens (tertiary/aromatic N) is 1. The first kappa shape index (κ1) is 28.0. The minimum absolute atomic E-state index is 0.896. The summed E-state index contributed by atoms with van der Waals surface area (Å²) >= 11 is 3.73. The van der Waals surface area contributed by atoms with Gasteiger partial charge in [-0.3, -0.25) is 0 Å². The molecular formula is C46H27NOS2. The van der Waals surface area contributed by atoms with Gasteiger partial charge in [-0.25, -0.2) is 0 Å². The third-order valence-electron chi connectivity index (χ3n) is 10.0. The molecule has 0 spiro atoms. The van der Waals surface area contributed by atoms with Crippen LogP contribution in [0.2, 0.25) is 0 Å². The maximum Gasteiger partial charge on any atom is 0.136 e. The van der Waals surface area contributed by atoms with E-state index in [1.165, 1.54) is 62.2 Å². The standard InChI is InChI=1S/C46H27NOS2/c1-2-10-30(11-3-1)47(31-19-22-39-37(26-31)45-33-12-5-4-9-28(33)17-21-40(45)48-39)32-20-24-43-38(27-32)46-34(14-8-16-44(46)50-43)29-18-23-42-36(25-29)35-13-6-7-15-41(35)49-42/h1-27H. The summed E-state index contributed by atoms with van der Waals surface area (Å²) in [4.78, 5) is 2.37. The summed E-state index contributed by atoms with van der Waals surface area (Å²) in [6, 6.07) is 59.5. The van der Waals surface area contributed by atoms with Gasteiger partial charge in [0.1, 0.15) is 11.2 Å². The van der Waals surface area contributed by atoms with Crippen LogP contribution in [0.3, 0.4) is 0 Å². The third-order valence-corrected chi connectivity index (χ3v) is 12.3. The van der Waals surface area contributed by atoms with Gasteiger partial charge in [0.15, 0.2) is 0 Å². The molecule has 0 saturated heterocycles. The SMILES string of the molecule is c1ccc(N(c2ccc3sc4cccc(-c5ccc6sc7ccccc7c6c5)c4c3c2)c2ccc3oc4ccc5ccccc5c4c3c2)cc1. The van der Waals surface area contributed by atoms with Crippen LogP contribution in [0.5, 0.6) is 0 Å². The summed E-state index contributed by atoms with van der Waals surface area (Å²) in [6.45, 7) is 0. The summed E-state index contributed by atoms with van der Waals surface area (Å²) in [6.07, 6.45) is 0. The topological polar surface area (TPSA) is 16.4 Å². The highest BCUT2D eigenvalue weighted by atomic mass is 32.1. The zero-order chi connectivity index (χ0) is 32.8. The first-order chi connectivity index (χ1) is 24.8. The maximum atomic E-state index is 6.39. The lowest BCUT2D eigenvalue weighted by molar-refractivity contribution is 0.669. The molecule has 0 aliphatic carbocycles. The third kappa shape index (κ3) is 4.19. The van der Waals surface area contributed by atoms with Crippen LogP contribution in [0.4, 0.5) is 17.1 Å². The molecule has 0 aliphatic heterocycles. The minimum Gasteiger partial charge on any atom is -0.456 e. The quantitative estimate of drug-likeness (QED) is 0.185. The molecule has 234 valence electrons.